The van der Waals surface area contributed by atoms with Gasteiger partial charge in [0.1, 0.15) is 11.4 Å². The van der Waals surface area contributed by atoms with Gasteiger partial charge in [0.05, 0.1) is 0 Å². The maximum atomic E-state index is 13.0. The molecule has 2 rings (SSSR count). The number of carboxylic acids is 1. The lowest BCUT2D eigenvalue weighted by Crippen LogP contribution is -2.20. The number of aryl methyl sites for hydroxylation is 1. The highest BCUT2D eigenvalue weighted by Gasteiger charge is 2.15. The number of aromatic nitrogens is 1. The van der Waals surface area contributed by atoms with Crippen molar-refractivity contribution in [2.75, 3.05) is 0 Å². The second-order valence-electron chi connectivity index (χ2n) is 5.65. The van der Waals surface area contributed by atoms with Crippen molar-refractivity contribution < 1.29 is 14.3 Å². The van der Waals surface area contributed by atoms with Crippen molar-refractivity contribution in [2.45, 2.75) is 26.8 Å². The zero-order chi connectivity index (χ0) is 16.3. The highest BCUT2D eigenvalue weighted by Crippen LogP contribution is 2.17. The van der Waals surface area contributed by atoms with E-state index < -0.39 is 17.2 Å². The van der Waals surface area contributed by atoms with Crippen LogP contribution in [0.5, 0.6) is 0 Å². The van der Waals surface area contributed by atoms with Crippen molar-refractivity contribution in [2.24, 2.45) is 5.92 Å². The number of benzene rings is 1. The third-order valence-electron chi connectivity index (χ3n) is 3.43. The van der Waals surface area contributed by atoms with Crippen molar-refractivity contribution in [1.29, 1.82) is 0 Å². The number of aromatic carboxylic acids is 1. The standard InChI is InChI=1S/C17H18FNO3/c1-11(2)7-8-19-9-14(12-3-5-13(18)6-4-12)16(20)15(10-19)17(21)22/h3-6,9-11H,7-8H2,1-2H3,(H,21,22). The van der Waals surface area contributed by atoms with Gasteiger partial charge in [0, 0.05) is 24.5 Å². The molecule has 1 aromatic heterocycles. The lowest BCUT2D eigenvalue weighted by molar-refractivity contribution is 0.0694. The van der Waals surface area contributed by atoms with Crippen molar-refractivity contribution in [3.05, 3.63) is 58.3 Å². The molecule has 4 nitrogen and oxygen atoms in total. The van der Waals surface area contributed by atoms with E-state index in [9.17, 15) is 19.1 Å². The summed E-state index contributed by atoms with van der Waals surface area (Å²) in [6, 6.07) is 5.45. The van der Waals surface area contributed by atoms with Crippen LogP contribution in [0, 0.1) is 11.7 Å². The van der Waals surface area contributed by atoms with Gasteiger partial charge < -0.3 is 9.67 Å². The Morgan fingerprint density at radius 1 is 1.23 bits per heavy atom. The first-order chi connectivity index (χ1) is 10.4. The van der Waals surface area contributed by atoms with E-state index in [1.807, 2.05) is 0 Å². The number of hydrogen-bond acceptors (Lipinski definition) is 2. The molecule has 0 saturated heterocycles. The van der Waals surface area contributed by atoms with E-state index in [4.69, 9.17) is 0 Å². The first-order valence-corrected chi connectivity index (χ1v) is 7.12. The van der Waals surface area contributed by atoms with Gasteiger partial charge in [-0.05, 0) is 30.0 Å². The molecule has 1 N–H and O–H groups in total. The number of nitrogens with zero attached hydrogens (tertiary/aromatic N) is 1. The number of rotatable bonds is 5. The van der Waals surface area contributed by atoms with Gasteiger partial charge in [0.2, 0.25) is 5.43 Å². The molecule has 5 heteroatoms. The summed E-state index contributed by atoms with van der Waals surface area (Å²) in [7, 11) is 0. The highest BCUT2D eigenvalue weighted by atomic mass is 19.1. The van der Waals surface area contributed by atoms with E-state index in [1.165, 1.54) is 30.5 Å². The van der Waals surface area contributed by atoms with Crippen LogP contribution in [-0.2, 0) is 6.54 Å². The van der Waals surface area contributed by atoms with E-state index >= 15 is 0 Å². The summed E-state index contributed by atoms with van der Waals surface area (Å²) < 4.78 is 14.7. The molecule has 0 aliphatic heterocycles. The van der Waals surface area contributed by atoms with Gasteiger partial charge in [-0.1, -0.05) is 26.0 Å². The molecule has 1 heterocycles. The van der Waals surface area contributed by atoms with Gasteiger partial charge in [-0.3, -0.25) is 4.79 Å². The van der Waals surface area contributed by atoms with Crippen LogP contribution in [0.15, 0.2) is 41.5 Å². The molecule has 0 amide bonds. The summed E-state index contributed by atoms with van der Waals surface area (Å²) in [5.41, 5.74) is -0.0538. The van der Waals surface area contributed by atoms with Crippen LogP contribution in [0.4, 0.5) is 4.39 Å². The number of pyridine rings is 1. The first kappa shape index (κ1) is 15.9. The lowest BCUT2D eigenvalue weighted by Gasteiger charge is -2.12. The molecule has 0 radical (unpaired) electrons. The minimum atomic E-state index is -1.26. The minimum Gasteiger partial charge on any atom is -0.477 e. The second kappa shape index (κ2) is 6.56. The Kier molecular flexibility index (Phi) is 4.75. The third-order valence-corrected chi connectivity index (χ3v) is 3.43. The zero-order valence-corrected chi connectivity index (χ0v) is 12.5. The number of hydrogen-bond donors (Lipinski definition) is 1. The molecule has 2 aromatic rings. The SMILES string of the molecule is CC(C)CCn1cc(C(=O)O)c(=O)c(-c2ccc(F)cc2)c1. The average Bonchev–Trinajstić information content (AvgIpc) is 2.46. The van der Waals surface area contributed by atoms with Gasteiger partial charge in [0.25, 0.3) is 0 Å². The fourth-order valence-electron chi connectivity index (χ4n) is 2.16. The molecular formula is C17H18FNO3. The average molecular weight is 303 g/mol. The van der Waals surface area contributed by atoms with Crippen LogP contribution in [0.1, 0.15) is 30.6 Å². The first-order valence-electron chi connectivity index (χ1n) is 7.12. The Hall–Kier alpha value is -2.43. The van der Waals surface area contributed by atoms with Crippen LogP contribution >= 0.6 is 0 Å². The molecule has 0 fully saturated rings. The van der Waals surface area contributed by atoms with Crippen LogP contribution in [0.2, 0.25) is 0 Å². The molecule has 116 valence electrons. The molecule has 1 aromatic carbocycles. The molecule has 22 heavy (non-hydrogen) atoms. The van der Waals surface area contributed by atoms with Crippen LogP contribution < -0.4 is 5.43 Å². The van der Waals surface area contributed by atoms with Gasteiger partial charge in [0.15, 0.2) is 0 Å². The van der Waals surface area contributed by atoms with Crippen molar-refractivity contribution in [1.82, 2.24) is 4.57 Å². The van der Waals surface area contributed by atoms with Gasteiger partial charge in [-0.25, -0.2) is 9.18 Å². The van der Waals surface area contributed by atoms with Crippen LogP contribution in [0.3, 0.4) is 0 Å². The Morgan fingerprint density at radius 3 is 2.41 bits per heavy atom. The predicted octanol–water partition coefficient (Wildman–Crippen LogP) is 3.40. The lowest BCUT2D eigenvalue weighted by atomic mass is 10.0. The number of carboxylic acid groups (broad SMARTS) is 1. The fraction of sp³-hybridized carbons (Fsp3) is 0.294. The highest BCUT2D eigenvalue weighted by molar-refractivity contribution is 5.88. The second-order valence-corrected chi connectivity index (χ2v) is 5.65. The van der Waals surface area contributed by atoms with E-state index in [-0.39, 0.29) is 11.1 Å². The quantitative estimate of drug-likeness (QED) is 0.921. The Labute approximate surface area is 127 Å². The molecule has 0 atom stereocenters. The Morgan fingerprint density at radius 2 is 1.86 bits per heavy atom. The minimum absolute atomic E-state index is 0.267. The number of carbonyl (C=O) groups is 1. The normalized spacial score (nSPS) is 10.9. The zero-order valence-electron chi connectivity index (χ0n) is 12.5. The largest absolute Gasteiger partial charge is 0.477 e. The van der Waals surface area contributed by atoms with Gasteiger partial charge in [-0.2, -0.15) is 0 Å². The molecule has 0 unspecified atom stereocenters. The molecule has 0 aliphatic rings. The van der Waals surface area contributed by atoms with Gasteiger partial charge in [-0.15, -0.1) is 0 Å². The summed E-state index contributed by atoms with van der Waals surface area (Å²) in [6.07, 6.45) is 3.86. The summed E-state index contributed by atoms with van der Waals surface area (Å²) in [4.78, 5) is 23.6. The van der Waals surface area contributed by atoms with Crippen molar-refractivity contribution in [3.63, 3.8) is 0 Å². The Balaban J connectivity index is 2.53. The monoisotopic (exact) mass is 303 g/mol. The summed E-state index contributed by atoms with van der Waals surface area (Å²) in [6.45, 7) is 4.76. The molecule has 0 spiro atoms. The molecular weight excluding hydrogens is 285 g/mol. The van der Waals surface area contributed by atoms with E-state index in [1.54, 1.807) is 10.8 Å². The maximum absolute atomic E-state index is 13.0. The summed E-state index contributed by atoms with van der Waals surface area (Å²) in [5.74, 6) is -1.20. The topological polar surface area (TPSA) is 59.3 Å². The van der Waals surface area contributed by atoms with Crippen LogP contribution in [-0.4, -0.2) is 15.6 Å². The van der Waals surface area contributed by atoms with E-state index in [0.29, 0.717) is 18.0 Å². The van der Waals surface area contributed by atoms with Gasteiger partial charge >= 0.3 is 5.97 Å². The summed E-state index contributed by atoms with van der Waals surface area (Å²) in [5, 5.41) is 9.21. The predicted molar refractivity (Wildman–Crippen MR) is 82.5 cm³/mol. The number of halogens is 1. The van der Waals surface area contributed by atoms with Crippen LogP contribution in [0.25, 0.3) is 11.1 Å². The van der Waals surface area contributed by atoms with Crippen molar-refractivity contribution >= 4 is 5.97 Å². The van der Waals surface area contributed by atoms with E-state index in [0.717, 1.165) is 6.42 Å². The fourth-order valence-corrected chi connectivity index (χ4v) is 2.16. The van der Waals surface area contributed by atoms with Crippen molar-refractivity contribution in [3.8, 4) is 11.1 Å². The molecule has 0 saturated carbocycles. The maximum Gasteiger partial charge on any atom is 0.341 e. The summed E-state index contributed by atoms with van der Waals surface area (Å²) >= 11 is 0. The smallest absolute Gasteiger partial charge is 0.341 e. The molecule has 0 bridgehead atoms. The Bertz CT molecular complexity index is 733. The molecule has 0 aliphatic carbocycles. The third kappa shape index (κ3) is 3.61. The van der Waals surface area contributed by atoms with E-state index in [2.05, 4.69) is 13.8 Å².